The molecule has 0 unspecified atom stereocenters. The monoisotopic (exact) mass is 206 g/mol. The van der Waals surface area contributed by atoms with Gasteiger partial charge in [-0.15, -0.1) is 0 Å². The summed E-state index contributed by atoms with van der Waals surface area (Å²) in [5.41, 5.74) is 2.00. The molecule has 0 fully saturated rings. The molecule has 0 saturated carbocycles. The van der Waals surface area contributed by atoms with Gasteiger partial charge >= 0.3 is 0 Å². The minimum Gasteiger partial charge on any atom is -0.334 e. The van der Waals surface area contributed by atoms with Crippen LogP contribution in [-0.2, 0) is 12.0 Å². The highest BCUT2D eigenvalue weighted by molar-refractivity contribution is 5.19. The Labute approximate surface area is 92.5 Å². The van der Waals surface area contributed by atoms with Gasteiger partial charge in [-0.2, -0.15) is 0 Å². The lowest BCUT2D eigenvalue weighted by Crippen LogP contribution is -2.23. The van der Waals surface area contributed by atoms with Crippen molar-refractivity contribution in [1.29, 1.82) is 5.41 Å². The van der Waals surface area contributed by atoms with Crippen LogP contribution >= 0.6 is 0 Å². The van der Waals surface area contributed by atoms with Crippen molar-refractivity contribution in [1.82, 2.24) is 4.57 Å². The standard InChI is InChI=1S/C13H22N2/c1-5-6-8-15-9-7-11(10-12(15)14)13(2,3)4/h7,9-10,14H,5-6,8H2,1-4H3. The zero-order chi connectivity index (χ0) is 11.5. The summed E-state index contributed by atoms with van der Waals surface area (Å²) in [6.07, 6.45) is 4.36. The van der Waals surface area contributed by atoms with Crippen molar-refractivity contribution in [2.45, 2.75) is 52.5 Å². The normalized spacial score (nSPS) is 11.7. The average Bonchev–Trinajstić information content (AvgIpc) is 2.14. The molecule has 0 aliphatic carbocycles. The molecule has 0 aliphatic heterocycles. The van der Waals surface area contributed by atoms with E-state index >= 15 is 0 Å². The number of aromatic nitrogens is 1. The van der Waals surface area contributed by atoms with Gasteiger partial charge in [-0.1, -0.05) is 34.1 Å². The molecule has 1 N–H and O–H groups in total. The molecule has 0 saturated heterocycles. The Morgan fingerprint density at radius 2 is 2.00 bits per heavy atom. The maximum atomic E-state index is 7.93. The summed E-state index contributed by atoms with van der Waals surface area (Å²) in [6.45, 7) is 9.67. The Morgan fingerprint density at radius 1 is 1.33 bits per heavy atom. The highest BCUT2D eigenvalue weighted by Crippen LogP contribution is 2.19. The van der Waals surface area contributed by atoms with Crippen LogP contribution in [0.4, 0.5) is 0 Å². The summed E-state index contributed by atoms with van der Waals surface area (Å²) in [4.78, 5) is 0. The van der Waals surface area contributed by atoms with E-state index in [2.05, 4.69) is 33.8 Å². The second-order valence-corrected chi connectivity index (χ2v) is 5.10. The van der Waals surface area contributed by atoms with E-state index in [0.717, 1.165) is 13.0 Å². The van der Waals surface area contributed by atoms with Gasteiger partial charge in [-0.3, -0.25) is 5.41 Å². The highest BCUT2D eigenvalue weighted by atomic mass is 15.0. The lowest BCUT2D eigenvalue weighted by molar-refractivity contribution is 0.566. The van der Waals surface area contributed by atoms with Crippen molar-refractivity contribution in [3.05, 3.63) is 29.4 Å². The SMILES string of the molecule is CCCCn1ccc(C(C)(C)C)cc1=N. The van der Waals surface area contributed by atoms with Crippen LogP contribution in [0, 0.1) is 5.41 Å². The molecule has 2 heteroatoms. The van der Waals surface area contributed by atoms with Gasteiger partial charge in [0, 0.05) is 12.7 Å². The van der Waals surface area contributed by atoms with E-state index in [1.165, 1.54) is 12.0 Å². The summed E-state index contributed by atoms with van der Waals surface area (Å²) in [5, 5.41) is 7.93. The molecule has 0 aromatic carbocycles. The van der Waals surface area contributed by atoms with Crippen molar-refractivity contribution in [2.24, 2.45) is 0 Å². The lowest BCUT2D eigenvalue weighted by Gasteiger charge is -2.19. The van der Waals surface area contributed by atoms with Gasteiger partial charge < -0.3 is 4.57 Å². The molecular formula is C13H22N2. The van der Waals surface area contributed by atoms with Crippen LogP contribution in [0.5, 0.6) is 0 Å². The Balaban J connectivity index is 2.94. The van der Waals surface area contributed by atoms with Crippen molar-refractivity contribution in [3.8, 4) is 0 Å². The van der Waals surface area contributed by atoms with Crippen LogP contribution in [0.15, 0.2) is 18.3 Å². The summed E-state index contributed by atoms with van der Waals surface area (Å²) in [7, 11) is 0. The molecule has 1 aromatic heterocycles. The van der Waals surface area contributed by atoms with E-state index in [4.69, 9.17) is 5.41 Å². The largest absolute Gasteiger partial charge is 0.334 e. The van der Waals surface area contributed by atoms with E-state index in [9.17, 15) is 0 Å². The van der Waals surface area contributed by atoms with Gasteiger partial charge in [0.15, 0.2) is 0 Å². The zero-order valence-electron chi connectivity index (χ0n) is 10.3. The molecule has 84 valence electrons. The number of nitrogens with zero attached hydrogens (tertiary/aromatic N) is 1. The van der Waals surface area contributed by atoms with Crippen molar-refractivity contribution >= 4 is 0 Å². The molecule has 0 bridgehead atoms. The smallest absolute Gasteiger partial charge is 0.124 e. The number of aryl methyl sites for hydroxylation is 1. The fraction of sp³-hybridized carbons (Fsp3) is 0.615. The predicted molar refractivity (Wildman–Crippen MR) is 63.9 cm³/mol. The summed E-state index contributed by atoms with van der Waals surface area (Å²) in [5.74, 6) is 0. The van der Waals surface area contributed by atoms with Crippen molar-refractivity contribution < 1.29 is 0 Å². The first kappa shape index (κ1) is 12.0. The molecule has 15 heavy (non-hydrogen) atoms. The van der Waals surface area contributed by atoms with Gasteiger partial charge in [0.05, 0.1) is 0 Å². The number of unbranched alkanes of at least 4 members (excludes halogenated alkanes) is 1. The van der Waals surface area contributed by atoms with E-state index in [0.29, 0.717) is 5.49 Å². The molecular weight excluding hydrogens is 184 g/mol. The molecule has 0 aliphatic rings. The van der Waals surface area contributed by atoms with E-state index in [-0.39, 0.29) is 5.41 Å². The predicted octanol–water partition coefficient (Wildman–Crippen LogP) is 3.07. The lowest BCUT2D eigenvalue weighted by atomic mass is 9.88. The quantitative estimate of drug-likeness (QED) is 0.787. The number of hydrogen-bond donors (Lipinski definition) is 1. The van der Waals surface area contributed by atoms with Gasteiger partial charge in [0.25, 0.3) is 0 Å². The van der Waals surface area contributed by atoms with Crippen LogP contribution in [-0.4, -0.2) is 4.57 Å². The average molecular weight is 206 g/mol. The second-order valence-electron chi connectivity index (χ2n) is 5.10. The van der Waals surface area contributed by atoms with E-state index in [1.54, 1.807) is 0 Å². The molecule has 0 amide bonds. The maximum absolute atomic E-state index is 7.93. The van der Waals surface area contributed by atoms with Gasteiger partial charge in [0.1, 0.15) is 5.49 Å². The Morgan fingerprint density at radius 3 is 2.47 bits per heavy atom. The number of pyridine rings is 1. The molecule has 1 aromatic rings. The van der Waals surface area contributed by atoms with Crippen LogP contribution in [0.1, 0.15) is 46.1 Å². The third kappa shape index (κ3) is 3.22. The van der Waals surface area contributed by atoms with Crippen LogP contribution in [0.2, 0.25) is 0 Å². The Hall–Kier alpha value is -1.05. The first-order valence-corrected chi connectivity index (χ1v) is 5.70. The van der Waals surface area contributed by atoms with Crippen molar-refractivity contribution in [2.75, 3.05) is 0 Å². The fourth-order valence-electron chi connectivity index (χ4n) is 1.52. The highest BCUT2D eigenvalue weighted by Gasteiger charge is 2.13. The Kier molecular flexibility index (Phi) is 3.72. The van der Waals surface area contributed by atoms with Gasteiger partial charge in [-0.05, 0) is 29.5 Å². The fourth-order valence-corrected chi connectivity index (χ4v) is 1.52. The zero-order valence-corrected chi connectivity index (χ0v) is 10.3. The molecule has 0 radical (unpaired) electrons. The summed E-state index contributed by atoms with van der Waals surface area (Å²) < 4.78 is 2.01. The van der Waals surface area contributed by atoms with E-state index in [1.807, 2.05) is 16.8 Å². The molecule has 0 spiro atoms. The third-order valence-electron chi connectivity index (χ3n) is 2.65. The van der Waals surface area contributed by atoms with Gasteiger partial charge in [-0.25, -0.2) is 0 Å². The third-order valence-corrected chi connectivity index (χ3v) is 2.65. The summed E-state index contributed by atoms with van der Waals surface area (Å²) >= 11 is 0. The van der Waals surface area contributed by atoms with E-state index < -0.39 is 0 Å². The molecule has 2 nitrogen and oxygen atoms in total. The molecule has 0 atom stereocenters. The topological polar surface area (TPSA) is 28.8 Å². The minimum absolute atomic E-state index is 0.139. The molecule has 1 heterocycles. The van der Waals surface area contributed by atoms with Crippen LogP contribution < -0.4 is 5.49 Å². The minimum atomic E-state index is 0.139. The van der Waals surface area contributed by atoms with Gasteiger partial charge in [0.2, 0.25) is 0 Å². The number of nitrogens with one attached hydrogen (secondary N) is 1. The van der Waals surface area contributed by atoms with Crippen LogP contribution in [0.3, 0.4) is 0 Å². The molecule has 1 rings (SSSR count). The van der Waals surface area contributed by atoms with Crippen molar-refractivity contribution in [3.63, 3.8) is 0 Å². The number of rotatable bonds is 3. The summed E-state index contributed by atoms with van der Waals surface area (Å²) in [6, 6.07) is 4.11. The maximum Gasteiger partial charge on any atom is 0.124 e. The number of hydrogen-bond acceptors (Lipinski definition) is 1. The Bertz CT molecular complexity index is 369. The second kappa shape index (κ2) is 4.65. The first-order chi connectivity index (χ1) is 6.95. The first-order valence-electron chi connectivity index (χ1n) is 5.70. The van der Waals surface area contributed by atoms with Crippen LogP contribution in [0.25, 0.3) is 0 Å².